The lowest BCUT2D eigenvalue weighted by Crippen LogP contribution is -2.37. The van der Waals surface area contributed by atoms with Gasteiger partial charge in [0, 0.05) is 32.8 Å². The van der Waals surface area contributed by atoms with Gasteiger partial charge in [-0.2, -0.15) is 0 Å². The van der Waals surface area contributed by atoms with Gasteiger partial charge in [-0.1, -0.05) is 12.6 Å². The summed E-state index contributed by atoms with van der Waals surface area (Å²) in [5.74, 6) is 0.716. The average Bonchev–Trinajstić information content (AvgIpc) is 3.74. The lowest BCUT2D eigenvalue weighted by atomic mass is 10.1. The highest BCUT2D eigenvalue weighted by Gasteiger charge is 2.29. The highest BCUT2D eigenvalue weighted by atomic mass is 32.1. The van der Waals surface area contributed by atoms with Gasteiger partial charge < -0.3 is 23.9 Å². The van der Waals surface area contributed by atoms with Gasteiger partial charge >= 0.3 is 0 Å². The number of anilines is 1. The van der Waals surface area contributed by atoms with Crippen LogP contribution in [0.3, 0.4) is 0 Å². The molecule has 5 rings (SSSR count). The van der Waals surface area contributed by atoms with Gasteiger partial charge in [0.2, 0.25) is 11.9 Å². The van der Waals surface area contributed by atoms with Crippen LogP contribution in [0.2, 0.25) is 0 Å². The molecule has 39 heavy (non-hydrogen) atoms. The lowest BCUT2D eigenvalue weighted by molar-refractivity contribution is -0.126. The van der Waals surface area contributed by atoms with Crippen molar-refractivity contribution in [3.05, 3.63) is 66.0 Å². The van der Waals surface area contributed by atoms with E-state index < -0.39 is 0 Å². The van der Waals surface area contributed by atoms with Crippen LogP contribution >= 0.6 is 11.3 Å². The first kappa shape index (κ1) is 26.8. The van der Waals surface area contributed by atoms with Crippen molar-refractivity contribution in [1.29, 1.82) is 0 Å². The molecule has 2 atom stereocenters. The molecule has 3 aromatic heterocycles. The van der Waals surface area contributed by atoms with E-state index in [1.165, 1.54) is 23.8 Å². The van der Waals surface area contributed by atoms with Gasteiger partial charge in [0.25, 0.3) is 5.91 Å². The molecule has 0 saturated carbocycles. The van der Waals surface area contributed by atoms with Crippen molar-refractivity contribution >= 4 is 40.1 Å². The highest BCUT2D eigenvalue weighted by molar-refractivity contribution is 7.17. The van der Waals surface area contributed by atoms with Gasteiger partial charge in [-0.3, -0.25) is 14.9 Å². The third-order valence-electron chi connectivity index (χ3n) is 6.84. The minimum Gasteiger partial charge on any atom is -0.443 e. The van der Waals surface area contributed by atoms with Crippen molar-refractivity contribution in [1.82, 2.24) is 24.8 Å². The Bertz CT molecular complexity index is 1460. The van der Waals surface area contributed by atoms with Crippen molar-refractivity contribution in [3.63, 3.8) is 0 Å². The molecule has 11 heteroatoms. The first-order valence-corrected chi connectivity index (χ1v) is 13.7. The van der Waals surface area contributed by atoms with E-state index in [4.69, 9.17) is 14.1 Å². The molecule has 0 spiro atoms. The minimum absolute atomic E-state index is 0.0143. The largest absolute Gasteiger partial charge is 0.443 e. The molecule has 1 saturated heterocycles. The summed E-state index contributed by atoms with van der Waals surface area (Å²) < 4.78 is 12.6. The third-order valence-corrected chi connectivity index (χ3v) is 7.94. The SMILES string of the molecule is C=CC(=O)N1CCC[C@@H]1Cn1c(NC(=O)c2ccc(-c3cnco3)s2)nc2cc(CN[C@@H](C)COC)ccc21. The van der Waals surface area contributed by atoms with Crippen molar-refractivity contribution in [2.75, 3.05) is 25.6 Å². The molecule has 1 aromatic carbocycles. The summed E-state index contributed by atoms with van der Waals surface area (Å²) in [6.07, 6.45) is 6.14. The monoisotopic (exact) mass is 548 g/mol. The van der Waals surface area contributed by atoms with Crippen LogP contribution in [0.15, 0.2) is 60.0 Å². The number of carbonyl (C=O) groups excluding carboxylic acids is 2. The van der Waals surface area contributed by atoms with E-state index in [1.54, 1.807) is 19.4 Å². The smallest absolute Gasteiger partial charge is 0.268 e. The van der Waals surface area contributed by atoms with Crippen LogP contribution < -0.4 is 10.6 Å². The number of benzene rings is 1. The molecule has 1 fully saturated rings. The maximum absolute atomic E-state index is 13.3. The van der Waals surface area contributed by atoms with E-state index in [-0.39, 0.29) is 23.9 Å². The molecule has 10 nitrogen and oxygen atoms in total. The summed E-state index contributed by atoms with van der Waals surface area (Å²) in [5.41, 5.74) is 2.75. The molecule has 1 aliphatic rings. The summed E-state index contributed by atoms with van der Waals surface area (Å²) in [6.45, 7) is 8.22. The molecule has 2 N–H and O–H groups in total. The molecule has 0 aliphatic carbocycles. The molecule has 204 valence electrons. The fourth-order valence-electron chi connectivity index (χ4n) is 4.90. The number of likely N-dealkylation sites (tertiary alicyclic amines) is 1. The highest BCUT2D eigenvalue weighted by Crippen LogP contribution is 2.30. The van der Waals surface area contributed by atoms with Crippen LogP contribution in [-0.4, -0.2) is 63.6 Å². The number of nitrogens with one attached hydrogen (secondary N) is 2. The van der Waals surface area contributed by atoms with E-state index in [0.717, 1.165) is 34.3 Å². The molecule has 0 radical (unpaired) electrons. The second-order valence-corrected chi connectivity index (χ2v) is 10.7. The van der Waals surface area contributed by atoms with Gasteiger partial charge in [0.1, 0.15) is 0 Å². The van der Waals surface area contributed by atoms with E-state index in [0.29, 0.717) is 42.8 Å². The van der Waals surface area contributed by atoms with Gasteiger partial charge in [0.05, 0.1) is 39.6 Å². The number of ether oxygens (including phenoxy) is 1. The first-order chi connectivity index (χ1) is 19.0. The number of oxazole rings is 1. The molecule has 0 unspecified atom stereocenters. The number of aromatic nitrogens is 3. The molecular weight excluding hydrogens is 516 g/mol. The van der Waals surface area contributed by atoms with Crippen molar-refractivity contribution < 1.29 is 18.7 Å². The maximum Gasteiger partial charge on any atom is 0.268 e. The fourth-order valence-corrected chi connectivity index (χ4v) is 5.76. The summed E-state index contributed by atoms with van der Waals surface area (Å²) in [5, 5.41) is 6.46. The number of thiophene rings is 1. The zero-order chi connectivity index (χ0) is 27.4. The van der Waals surface area contributed by atoms with Crippen LogP contribution in [0.25, 0.3) is 21.7 Å². The zero-order valence-corrected chi connectivity index (χ0v) is 22.9. The number of imidazole rings is 1. The van der Waals surface area contributed by atoms with Crippen LogP contribution in [0.5, 0.6) is 0 Å². The number of carbonyl (C=O) groups is 2. The molecule has 4 aromatic rings. The standard InChI is InChI=1S/C28H32N6O4S/c1-4-26(35)33-11-5-6-20(33)15-34-22-8-7-19(13-30-18(2)16-37-3)12-21(22)31-28(34)32-27(36)25-10-9-24(39-25)23-14-29-17-38-23/h4,7-10,12,14,17-18,20,30H,1,5-6,11,13,15-16H2,2-3H3,(H,31,32,36)/t18-,20+/m0/s1. The third kappa shape index (κ3) is 5.95. The summed E-state index contributed by atoms with van der Waals surface area (Å²) in [6, 6.07) is 9.91. The normalized spacial score (nSPS) is 16.1. The van der Waals surface area contributed by atoms with Crippen molar-refractivity contribution in [2.45, 2.75) is 44.9 Å². The van der Waals surface area contributed by atoms with E-state index in [1.807, 2.05) is 27.7 Å². The Labute approximate surface area is 230 Å². The van der Waals surface area contributed by atoms with Gasteiger partial charge in [0.15, 0.2) is 12.2 Å². The lowest BCUT2D eigenvalue weighted by Gasteiger charge is -2.24. The molecule has 4 heterocycles. The number of methoxy groups -OCH3 is 1. The van der Waals surface area contributed by atoms with Gasteiger partial charge in [-0.15, -0.1) is 11.3 Å². The molecular formula is C28H32N6O4S. The topological polar surface area (TPSA) is 115 Å². The number of nitrogens with zero attached hydrogens (tertiary/aromatic N) is 4. The second-order valence-electron chi connectivity index (χ2n) is 9.62. The van der Waals surface area contributed by atoms with Crippen LogP contribution in [0.1, 0.15) is 35.0 Å². The maximum atomic E-state index is 13.3. The summed E-state index contributed by atoms with van der Waals surface area (Å²) in [4.78, 5) is 37.7. The van der Waals surface area contributed by atoms with E-state index in [9.17, 15) is 9.59 Å². The summed E-state index contributed by atoms with van der Waals surface area (Å²) in [7, 11) is 1.69. The minimum atomic E-state index is -0.261. The zero-order valence-electron chi connectivity index (χ0n) is 22.1. The Kier molecular flexibility index (Phi) is 8.20. The van der Waals surface area contributed by atoms with Crippen LogP contribution in [0, 0.1) is 0 Å². The number of hydrogen-bond donors (Lipinski definition) is 2. The Balaban J connectivity index is 1.43. The van der Waals surface area contributed by atoms with E-state index in [2.05, 4.69) is 35.2 Å². The summed E-state index contributed by atoms with van der Waals surface area (Å²) >= 11 is 1.32. The van der Waals surface area contributed by atoms with Crippen molar-refractivity contribution in [3.8, 4) is 10.6 Å². The Morgan fingerprint density at radius 3 is 2.97 bits per heavy atom. The first-order valence-electron chi connectivity index (χ1n) is 12.9. The Hall–Kier alpha value is -3.80. The second kappa shape index (κ2) is 11.9. The predicted molar refractivity (Wildman–Crippen MR) is 151 cm³/mol. The fraction of sp³-hybridized carbons (Fsp3) is 0.357. The van der Waals surface area contributed by atoms with Gasteiger partial charge in [-0.25, -0.2) is 9.97 Å². The van der Waals surface area contributed by atoms with Crippen LogP contribution in [0.4, 0.5) is 5.95 Å². The van der Waals surface area contributed by atoms with Crippen LogP contribution in [-0.2, 0) is 22.6 Å². The van der Waals surface area contributed by atoms with E-state index >= 15 is 0 Å². The number of fused-ring (bicyclic) bond motifs is 1. The molecule has 0 bridgehead atoms. The average molecular weight is 549 g/mol. The quantitative estimate of drug-likeness (QED) is 0.269. The van der Waals surface area contributed by atoms with Gasteiger partial charge in [-0.05, 0) is 55.7 Å². The predicted octanol–water partition coefficient (Wildman–Crippen LogP) is 4.31. The molecule has 1 aliphatic heterocycles. The number of amides is 2. The number of rotatable bonds is 11. The molecule has 2 amide bonds. The van der Waals surface area contributed by atoms with Crippen molar-refractivity contribution in [2.24, 2.45) is 0 Å². The Morgan fingerprint density at radius 2 is 2.21 bits per heavy atom. The number of hydrogen-bond acceptors (Lipinski definition) is 8. The Morgan fingerprint density at radius 1 is 1.33 bits per heavy atom.